The van der Waals surface area contributed by atoms with E-state index < -0.39 is 0 Å². The molecule has 1 unspecified atom stereocenters. The molecular formula is C16H25Cl. The van der Waals surface area contributed by atoms with Crippen molar-refractivity contribution in [3.8, 4) is 0 Å². The molecular weight excluding hydrogens is 228 g/mol. The molecule has 0 spiro atoms. The van der Waals surface area contributed by atoms with Gasteiger partial charge in [0.25, 0.3) is 0 Å². The van der Waals surface area contributed by atoms with E-state index in [2.05, 4.69) is 45.9 Å². The zero-order valence-corrected chi connectivity index (χ0v) is 12.3. The fourth-order valence-corrected chi connectivity index (χ4v) is 2.98. The van der Waals surface area contributed by atoms with Crippen molar-refractivity contribution < 1.29 is 0 Å². The van der Waals surface area contributed by atoms with E-state index in [4.69, 9.17) is 11.6 Å². The molecule has 0 saturated carbocycles. The Hall–Kier alpha value is -0.490. The largest absolute Gasteiger partial charge is 0.118 e. The van der Waals surface area contributed by atoms with Gasteiger partial charge in [-0.25, -0.2) is 0 Å². The summed E-state index contributed by atoms with van der Waals surface area (Å²) in [5, 5.41) is 0.176. The van der Waals surface area contributed by atoms with Gasteiger partial charge in [-0.2, -0.15) is 0 Å². The minimum atomic E-state index is 0.176. The average molecular weight is 253 g/mol. The van der Waals surface area contributed by atoms with E-state index in [0.717, 1.165) is 0 Å². The lowest BCUT2D eigenvalue weighted by Crippen LogP contribution is -2.09. The summed E-state index contributed by atoms with van der Waals surface area (Å²) in [6, 6.07) is 6.61. The van der Waals surface area contributed by atoms with Crippen LogP contribution in [0.5, 0.6) is 0 Å². The third kappa shape index (κ3) is 4.03. The molecule has 0 N–H and O–H groups in total. The number of alkyl halides is 1. The number of aryl methyl sites for hydroxylation is 2. The predicted octanol–water partition coefficient (Wildman–Crippen LogP) is 5.80. The van der Waals surface area contributed by atoms with E-state index in [0.29, 0.717) is 5.92 Å². The zero-order chi connectivity index (χ0) is 12.8. The quantitative estimate of drug-likeness (QED) is 0.562. The highest BCUT2D eigenvalue weighted by Gasteiger charge is 2.21. The molecule has 1 rings (SSSR count). The van der Waals surface area contributed by atoms with Crippen molar-refractivity contribution in [2.24, 2.45) is 5.92 Å². The van der Waals surface area contributed by atoms with E-state index in [1.54, 1.807) is 0 Å². The molecule has 0 amide bonds. The summed E-state index contributed by atoms with van der Waals surface area (Å²) in [4.78, 5) is 0. The van der Waals surface area contributed by atoms with Gasteiger partial charge in [-0.1, -0.05) is 50.5 Å². The third-order valence-electron chi connectivity index (χ3n) is 3.46. The molecule has 17 heavy (non-hydrogen) atoms. The molecule has 0 aliphatic rings. The standard InChI is InChI=1S/C16H25Cl/c1-5-7-14(8-6-2)16(17)15-11-12(3)9-10-13(15)4/h9-11,14,16H,5-8H2,1-4H3. The van der Waals surface area contributed by atoms with E-state index >= 15 is 0 Å². The van der Waals surface area contributed by atoms with Gasteiger partial charge in [0, 0.05) is 0 Å². The first kappa shape index (κ1) is 14.6. The predicted molar refractivity (Wildman–Crippen MR) is 77.8 cm³/mol. The summed E-state index contributed by atoms with van der Waals surface area (Å²) in [5.41, 5.74) is 3.97. The Morgan fingerprint density at radius 3 is 2.18 bits per heavy atom. The van der Waals surface area contributed by atoms with Crippen LogP contribution < -0.4 is 0 Å². The van der Waals surface area contributed by atoms with Crippen LogP contribution in [0.15, 0.2) is 18.2 Å². The van der Waals surface area contributed by atoms with E-state index in [1.165, 1.54) is 42.4 Å². The third-order valence-corrected chi connectivity index (χ3v) is 4.06. The van der Waals surface area contributed by atoms with Crippen molar-refractivity contribution in [3.05, 3.63) is 34.9 Å². The lowest BCUT2D eigenvalue weighted by atomic mass is 9.88. The number of benzene rings is 1. The topological polar surface area (TPSA) is 0 Å². The lowest BCUT2D eigenvalue weighted by Gasteiger charge is -2.23. The van der Waals surface area contributed by atoms with Crippen molar-refractivity contribution >= 4 is 11.6 Å². The average Bonchev–Trinajstić information content (AvgIpc) is 2.31. The molecule has 96 valence electrons. The Morgan fingerprint density at radius 2 is 1.65 bits per heavy atom. The highest BCUT2D eigenvalue weighted by molar-refractivity contribution is 6.21. The summed E-state index contributed by atoms with van der Waals surface area (Å²) in [5.74, 6) is 0.618. The molecule has 0 aliphatic heterocycles. The van der Waals surface area contributed by atoms with Crippen LogP contribution in [0.4, 0.5) is 0 Å². The minimum Gasteiger partial charge on any atom is -0.118 e. The Bertz CT molecular complexity index is 337. The summed E-state index contributed by atoms with van der Waals surface area (Å²) in [6.45, 7) is 8.80. The van der Waals surface area contributed by atoms with Crippen LogP contribution in [-0.2, 0) is 0 Å². The van der Waals surface area contributed by atoms with Crippen molar-refractivity contribution in [2.45, 2.75) is 58.8 Å². The number of rotatable bonds is 6. The van der Waals surface area contributed by atoms with Gasteiger partial charge in [0.2, 0.25) is 0 Å². The summed E-state index contributed by atoms with van der Waals surface area (Å²) >= 11 is 6.71. The monoisotopic (exact) mass is 252 g/mol. The van der Waals surface area contributed by atoms with Crippen LogP contribution >= 0.6 is 11.6 Å². The van der Waals surface area contributed by atoms with Crippen molar-refractivity contribution in [2.75, 3.05) is 0 Å². The fourth-order valence-electron chi connectivity index (χ4n) is 2.49. The molecule has 1 aromatic carbocycles. The highest BCUT2D eigenvalue weighted by atomic mass is 35.5. The first-order valence-electron chi connectivity index (χ1n) is 6.81. The second-order valence-electron chi connectivity index (χ2n) is 5.10. The van der Waals surface area contributed by atoms with Gasteiger partial charge in [-0.3, -0.25) is 0 Å². The molecule has 0 aromatic heterocycles. The van der Waals surface area contributed by atoms with Crippen molar-refractivity contribution in [1.29, 1.82) is 0 Å². The van der Waals surface area contributed by atoms with Crippen LogP contribution in [0, 0.1) is 19.8 Å². The molecule has 0 bridgehead atoms. The van der Waals surface area contributed by atoms with E-state index in [-0.39, 0.29) is 5.38 Å². The van der Waals surface area contributed by atoms with Gasteiger partial charge in [-0.05, 0) is 43.7 Å². The highest BCUT2D eigenvalue weighted by Crippen LogP contribution is 2.36. The number of hydrogen-bond donors (Lipinski definition) is 0. The van der Waals surface area contributed by atoms with Crippen LogP contribution in [-0.4, -0.2) is 0 Å². The Morgan fingerprint density at radius 1 is 1.06 bits per heavy atom. The molecule has 0 aliphatic carbocycles. The summed E-state index contributed by atoms with van der Waals surface area (Å²) < 4.78 is 0. The van der Waals surface area contributed by atoms with Gasteiger partial charge in [0.1, 0.15) is 0 Å². The smallest absolute Gasteiger partial charge is 0.0616 e. The van der Waals surface area contributed by atoms with Crippen molar-refractivity contribution in [1.82, 2.24) is 0 Å². The first-order chi connectivity index (χ1) is 8.10. The molecule has 1 heteroatoms. The number of hydrogen-bond acceptors (Lipinski definition) is 0. The fraction of sp³-hybridized carbons (Fsp3) is 0.625. The van der Waals surface area contributed by atoms with Crippen LogP contribution in [0.3, 0.4) is 0 Å². The van der Waals surface area contributed by atoms with Crippen LogP contribution in [0.25, 0.3) is 0 Å². The van der Waals surface area contributed by atoms with Crippen molar-refractivity contribution in [3.63, 3.8) is 0 Å². The Labute approximate surface area is 111 Å². The van der Waals surface area contributed by atoms with Gasteiger partial charge in [0.15, 0.2) is 0 Å². The normalized spacial score (nSPS) is 13.1. The maximum Gasteiger partial charge on any atom is 0.0616 e. The Balaban J connectivity index is 2.91. The molecule has 0 saturated heterocycles. The first-order valence-corrected chi connectivity index (χ1v) is 7.25. The lowest BCUT2D eigenvalue weighted by molar-refractivity contribution is 0.425. The molecule has 1 aromatic rings. The summed E-state index contributed by atoms with van der Waals surface area (Å²) in [6.07, 6.45) is 4.91. The van der Waals surface area contributed by atoms with Gasteiger partial charge in [0.05, 0.1) is 5.38 Å². The Kier molecular flexibility index (Phi) is 6.05. The number of halogens is 1. The van der Waals surface area contributed by atoms with E-state index in [1.807, 2.05) is 0 Å². The van der Waals surface area contributed by atoms with Crippen LogP contribution in [0.1, 0.15) is 61.6 Å². The molecule has 0 heterocycles. The molecule has 0 nitrogen and oxygen atoms in total. The summed E-state index contributed by atoms with van der Waals surface area (Å²) in [7, 11) is 0. The van der Waals surface area contributed by atoms with Gasteiger partial charge >= 0.3 is 0 Å². The molecule has 1 atom stereocenters. The molecule has 0 fully saturated rings. The molecule has 0 radical (unpaired) electrons. The second-order valence-corrected chi connectivity index (χ2v) is 5.57. The van der Waals surface area contributed by atoms with Crippen LogP contribution in [0.2, 0.25) is 0 Å². The SMILES string of the molecule is CCCC(CCC)C(Cl)c1cc(C)ccc1C. The maximum absolute atomic E-state index is 6.71. The van der Waals surface area contributed by atoms with Gasteiger partial charge < -0.3 is 0 Å². The van der Waals surface area contributed by atoms with Gasteiger partial charge in [-0.15, -0.1) is 11.6 Å². The minimum absolute atomic E-state index is 0.176. The maximum atomic E-state index is 6.71. The van der Waals surface area contributed by atoms with E-state index in [9.17, 15) is 0 Å². The zero-order valence-electron chi connectivity index (χ0n) is 11.6. The second kappa shape index (κ2) is 7.06.